The molecule has 0 aromatic rings. The summed E-state index contributed by atoms with van der Waals surface area (Å²) in [5, 5.41) is 0. The van der Waals surface area contributed by atoms with Gasteiger partial charge in [-0.05, 0) is 22.6 Å². The summed E-state index contributed by atoms with van der Waals surface area (Å²) < 4.78 is 76.5. The third-order valence-electron chi connectivity index (χ3n) is 0.837. The van der Waals surface area contributed by atoms with Crippen molar-refractivity contribution in [3.8, 4) is 0 Å². The lowest BCUT2D eigenvalue weighted by molar-refractivity contribution is -0.228. The summed E-state index contributed by atoms with van der Waals surface area (Å²) in [5.41, 5.74) is 0. The van der Waals surface area contributed by atoms with Gasteiger partial charge in [0.25, 0.3) is 3.68 Å². The highest BCUT2D eigenvalue weighted by Crippen LogP contribution is 2.46. The van der Waals surface area contributed by atoms with Crippen LogP contribution in [0.4, 0.5) is 30.7 Å². The molecule has 0 radical (unpaired) electrons. The number of halogens is 8. The van der Waals surface area contributed by atoms with Crippen LogP contribution in [0.5, 0.6) is 0 Å². The zero-order valence-electron chi connectivity index (χ0n) is 5.23. The van der Waals surface area contributed by atoms with Gasteiger partial charge in [-0.2, -0.15) is 26.3 Å². The minimum absolute atomic E-state index is 0.0960. The fourth-order valence-corrected chi connectivity index (χ4v) is 0.784. The van der Waals surface area contributed by atoms with E-state index >= 15 is 0 Å². The van der Waals surface area contributed by atoms with Gasteiger partial charge in [0.1, 0.15) is 0 Å². The highest BCUT2D eigenvalue weighted by Gasteiger charge is 2.59. The maximum atomic E-state index is 12.2. The van der Waals surface area contributed by atoms with E-state index in [9.17, 15) is 30.7 Å². The monoisotopic (exact) mass is 310 g/mol. The van der Waals surface area contributed by atoms with Crippen LogP contribution in [-0.4, -0.2) is 16.0 Å². The summed E-state index contributed by atoms with van der Waals surface area (Å²) in [6.45, 7) is 0. The molecule has 0 saturated carbocycles. The summed E-state index contributed by atoms with van der Waals surface area (Å²) in [6, 6.07) is 0. The SMILES string of the molecule is FC(F)(F)C[C@](F)(I)C(F)(F)F. The Morgan fingerprint density at radius 2 is 1.17 bits per heavy atom. The second-order valence-corrected chi connectivity index (χ2v) is 3.70. The van der Waals surface area contributed by atoms with Crippen LogP contribution in [0.3, 0.4) is 0 Å². The van der Waals surface area contributed by atoms with Crippen LogP contribution in [0, 0.1) is 0 Å². The topological polar surface area (TPSA) is 0 Å². The van der Waals surface area contributed by atoms with Crippen molar-refractivity contribution in [1.29, 1.82) is 0 Å². The van der Waals surface area contributed by atoms with Gasteiger partial charge in [0, 0.05) is 0 Å². The summed E-state index contributed by atoms with van der Waals surface area (Å²) in [7, 11) is 0. The first-order valence-corrected chi connectivity index (χ1v) is 3.55. The maximum Gasteiger partial charge on any atom is 0.432 e. The molecule has 0 rings (SSSR count). The van der Waals surface area contributed by atoms with Crippen molar-refractivity contribution in [1.82, 2.24) is 0 Å². The number of rotatable bonds is 1. The van der Waals surface area contributed by atoms with Crippen LogP contribution >= 0.6 is 22.6 Å². The third-order valence-corrected chi connectivity index (χ3v) is 1.83. The molecule has 0 aliphatic heterocycles. The quantitative estimate of drug-likeness (QED) is 0.394. The van der Waals surface area contributed by atoms with Crippen molar-refractivity contribution >= 4 is 22.6 Å². The number of hydrogen-bond acceptors (Lipinski definition) is 0. The van der Waals surface area contributed by atoms with Gasteiger partial charge in [0.2, 0.25) is 0 Å². The van der Waals surface area contributed by atoms with Gasteiger partial charge in [-0.3, -0.25) is 0 Å². The van der Waals surface area contributed by atoms with Gasteiger partial charge >= 0.3 is 12.4 Å². The first kappa shape index (κ1) is 12.2. The van der Waals surface area contributed by atoms with Gasteiger partial charge in [-0.15, -0.1) is 0 Å². The molecule has 0 aromatic carbocycles. The molecule has 1 atom stereocenters. The second-order valence-electron chi connectivity index (χ2n) is 1.99. The molecule has 0 saturated heterocycles. The standard InChI is InChI=1S/C4H2F7I/c5-2(12,4(9,10)11)1-3(6,7)8/h1H2/t2-/m0/s1. The van der Waals surface area contributed by atoms with E-state index in [1.165, 1.54) is 0 Å². The van der Waals surface area contributed by atoms with E-state index in [0.717, 1.165) is 0 Å². The van der Waals surface area contributed by atoms with E-state index in [2.05, 4.69) is 0 Å². The number of hydrogen-bond donors (Lipinski definition) is 0. The smallest absolute Gasteiger partial charge is 0.222 e. The molecule has 8 heteroatoms. The fraction of sp³-hybridized carbons (Fsp3) is 1.00. The number of alkyl halides is 8. The largest absolute Gasteiger partial charge is 0.432 e. The van der Waals surface area contributed by atoms with Crippen LogP contribution in [0.15, 0.2) is 0 Å². The zero-order chi connectivity index (χ0) is 10.2. The first-order valence-electron chi connectivity index (χ1n) is 2.47. The van der Waals surface area contributed by atoms with Crippen molar-refractivity contribution in [2.24, 2.45) is 0 Å². The Morgan fingerprint density at radius 1 is 0.833 bits per heavy atom. The summed E-state index contributed by atoms with van der Waals surface area (Å²) in [4.78, 5) is 0. The van der Waals surface area contributed by atoms with Crippen molar-refractivity contribution in [3.05, 3.63) is 0 Å². The molecule has 0 N–H and O–H groups in total. The van der Waals surface area contributed by atoms with E-state index in [1.807, 2.05) is 0 Å². The van der Waals surface area contributed by atoms with E-state index in [4.69, 9.17) is 0 Å². The predicted molar refractivity (Wildman–Crippen MR) is 34.6 cm³/mol. The Hall–Kier alpha value is 0.240. The molecule has 0 bridgehead atoms. The minimum atomic E-state index is -5.50. The van der Waals surface area contributed by atoms with Gasteiger partial charge in [0.15, 0.2) is 0 Å². The van der Waals surface area contributed by atoms with Crippen LogP contribution in [0.2, 0.25) is 0 Å². The van der Waals surface area contributed by atoms with Crippen LogP contribution in [-0.2, 0) is 0 Å². The Bertz CT molecular complexity index is 154. The maximum absolute atomic E-state index is 12.2. The van der Waals surface area contributed by atoms with Gasteiger partial charge < -0.3 is 0 Å². The molecule has 0 nitrogen and oxygen atoms in total. The van der Waals surface area contributed by atoms with Crippen LogP contribution in [0.25, 0.3) is 0 Å². The summed E-state index contributed by atoms with van der Waals surface area (Å²) >= 11 is 0.0960. The molecule has 0 heterocycles. The molecular weight excluding hydrogens is 308 g/mol. The van der Waals surface area contributed by atoms with E-state index in [-0.39, 0.29) is 22.6 Å². The van der Waals surface area contributed by atoms with Crippen molar-refractivity contribution in [2.45, 2.75) is 22.4 Å². The molecule has 0 fully saturated rings. The molecule has 12 heavy (non-hydrogen) atoms. The Morgan fingerprint density at radius 3 is 1.25 bits per heavy atom. The minimum Gasteiger partial charge on any atom is -0.222 e. The van der Waals surface area contributed by atoms with Crippen molar-refractivity contribution in [3.63, 3.8) is 0 Å². The third kappa shape index (κ3) is 3.76. The lowest BCUT2D eigenvalue weighted by Gasteiger charge is -2.22. The summed E-state index contributed by atoms with van der Waals surface area (Å²) in [6.07, 6.45) is -13.2. The Labute approximate surface area is 76.3 Å². The Kier molecular flexibility index (Phi) is 3.25. The predicted octanol–water partition coefficient (Wildman–Crippen LogP) is 3.60. The van der Waals surface area contributed by atoms with Crippen molar-refractivity contribution in [2.75, 3.05) is 0 Å². The normalized spacial score (nSPS) is 19.0. The molecule has 0 aliphatic rings. The highest BCUT2D eigenvalue weighted by atomic mass is 127. The van der Waals surface area contributed by atoms with E-state index in [1.54, 1.807) is 0 Å². The average molecular weight is 310 g/mol. The molecular formula is C4H2F7I. The van der Waals surface area contributed by atoms with Gasteiger partial charge in [0.05, 0.1) is 6.42 Å². The second kappa shape index (κ2) is 3.18. The zero-order valence-corrected chi connectivity index (χ0v) is 7.39. The lowest BCUT2D eigenvalue weighted by Crippen LogP contribution is -2.38. The molecule has 0 aromatic heterocycles. The van der Waals surface area contributed by atoms with Gasteiger partial charge in [-0.25, -0.2) is 4.39 Å². The van der Waals surface area contributed by atoms with Crippen LogP contribution in [0.1, 0.15) is 6.42 Å². The Balaban J connectivity index is 4.44. The lowest BCUT2D eigenvalue weighted by atomic mass is 10.2. The highest BCUT2D eigenvalue weighted by molar-refractivity contribution is 14.1. The average Bonchev–Trinajstić information content (AvgIpc) is 1.52. The van der Waals surface area contributed by atoms with Gasteiger partial charge in [-0.1, -0.05) is 0 Å². The van der Waals surface area contributed by atoms with E-state index < -0.39 is 22.4 Å². The molecule has 0 amide bonds. The molecule has 74 valence electrons. The molecule has 0 unspecified atom stereocenters. The molecule has 0 spiro atoms. The fourth-order valence-electron chi connectivity index (χ4n) is 0.352. The first-order chi connectivity index (χ1) is 4.96. The molecule has 0 aliphatic carbocycles. The summed E-state index contributed by atoms with van der Waals surface area (Å²) in [5.74, 6) is 0. The van der Waals surface area contributed by atoms with Crippen LogP contribution < -0.4 is 0 Å². The van der Waals surface area contributed by atoms with E-state index in [0.29, 0.717) is 0 Å². The van der Waals surface area contributed by atoms with Crippen molar-refractivity contribution < 1.29 is 30.7 Å².